The van der Waals surface area contributed by atoms with Gasteiger partial charge in [0.15, 0.2) is 0 Å². The second kappa shape index (κ2) is 7.08. The average molecular weight is 393 g/mol. The molecule has 146 valence electrons. The number of anilines is 2. The van der Waals surface area contributed by atoms with Crippen molar-refractivity contribution >= 4 is 40.1 Å². The summed E-state index contributed by atoms with van der Waals surface area (Å²) in [5, 5.41) is 7.79. The van der Waals surface area contributed by atoms with Crippen LogP contribution in [-0.2, 0) is 9.59 Å². The number of carbonyl (C=O) groups excluding carboxylic acids is 3. The first-order valence-electron chi connectivity index (χ1n) is 8.68. The quantitative estimate of drug-likeness (QED) is 0.405. The van der Waals surface area contributed by atoms with E-state index in [9.17, 15) is 24.0 Å². The molecule has 4 rings (SSSR count). The van der Waals surface area contributed by atoms with E-state index in [1.807, 2.05) is 0 Å². The zero-order valence-electron chi connectivity index (χ0n) is 14.9. The van der Waals surface area contributed by atoms with Gasteiger partial charge in [0.1, 0.15) is 6.04 Å². The van der Waals surface area contributed by atoms with Gasteiger partial charge in [-0.2, -0.15) is 0 Å². The molecule has 0 saturated heterocycles. The smallest absolute Gasteiger partial charge is 0.314 e. The van der Waals surface area contributed by atoms with Gasteiger partial charge in [-0.15, -0.1) is 0 Å². The summed E-state index contributed by atoms with van der Waals surface area (Å²) in [6.45, 7) is 0. The summed E-state index contributed by atoms with van der Waals surface area (Å²) in [7, 11) is 0. The zero-order chi connectivity index (χ0) is 20.5. The molecule has 2 aromatic carbocycles. The summed E-state index contributed by atoms with van der Waals surface area (Å²) in [6.07, 6.45) is -0.286. The monoisotopic (exact) mass is 393 g/mol. The number of nitrogens with one attached hydrogen (secondary N) is 5. The van der Waals surface area contributed by atoms with Crippen molar-refractivity contribution in [2.24, 2.45) is 0 Å². The summed E-state index contributed by atoms with van der Waals surface area (Å²) in [5.74, 6) is -1.47. The van der Waals surface area contributed by atoms with E-state index in [1.165, 1.54) is 18.2 Å². The lowest BCUT2D eigenvalue weighted by molar-refractivity contribution is -0.122. The Hall–Kier alpha value is -4.21. The van der Waals surface area contributed by atoms with Crippen LogP contribution in [0.5, 0.6) is 0 Å². The van der Waals surface area contributed by atoms with Gasteiger partial charge >= 0.3 is 11.1 Å². The molecule has 1 atom stereocenters. The number of aromatic amines is 2. The number of benzene rings is 2. The van der Waals surface area contributed by atoms with Crippen LogP contribution in [-0.4, -0.2) is 33.7 Å². The van der Waals surface area contributed by atoms with E-state index >= 15 is 0 Å². The fourth-order valence-electron chi connectivity index (χ4n) is 3.05. The number of carbonyl (C=O) groups is 3. The maximum Gasteiger partial charge on any atom is 0.314 e. The number of fused-ring (bicyclic) bond motifs is 2. The van der Waals surface area contributed by atoms with Crippen LogP contribution in [0.3, 0.4) is 0 Å². The van der Waals surface area contributed by atoms with Crippen LogP contribution in [0, 0.1) is 0 Å². The Morgan fingerprint density at radius 2 is 1.66 bits per heavy atom. The SMILES string of the molecule is O=C(C[C@@H]1NC(=O)c2ccccc2NC1=O)Nc1ccc2[nH]c(=O)c(=O)[nH]c2c1. The normalized spacial score (nSPS) is 15.8. The molecule has 3 aromatic rings. The lowest BCUT2D eigenvalue weighted by atomic mass is 10.1. The number of hydrogen-bond acceptors (Lipinski definition) is 5. The lowest BCUT2D eigenvalue weighted by Crippen LogP contribution is -2.43. The number of aromatic nitrogens is 2. The summed E-state index contributed by atoms with van der Waals surface area (Å²) < 4.78 is 0. The Kier molecular flexibility index (Phi) is 4.43. The highest BCUT2D eigenvalue weighted by molar-refractivity contribution is 6.11. The van der Waals surface area contributed by atoms with Crippen LogP contribution >= 0.6 is 0 Å². The molecule has 0 fully saturated rings. The van der Waals surface area contributed by atoms with Gasteiger partial charge in [0.25, 0.3) is 5.91 Å². The molecule has 0 spiro atoms. The van der Waals surface area contributed by atoms with E-state index < -0.39 is 34.9 Å². The Morgan fingerprint density at radius 1 is 0.931 bits per heavy atom. The van der Waals surface area contributed by atoms with Crippen molar-refractivity contribution in [3.8, 4) is 0 Å². The van der Waals surface area contributed by atoms with Crippen LogP contribution in [0.4, 0.5) is 11.4 Å². The predicted molar refractivity (Wildman–Crippen MR) is 105 cm³/mol. The van der Waals surface area contributed by atoms with Crippen LogP contribution in [0.2, 0.25) is 0 Å². The first-order chi connectivity index (χ1) is 13.9. The first kappa shape index (κ1) is 18.2. The molecule has 1 aliphatic rings. The highest BCUT2D eigenvalue weighted by atomic mass is 16.2. The number of H-pyrrole nitrogens is 2. The van der Waals surface area contributed by atoms with E-state index in [0.717, 1.165) is 0 Å². The third-order valence-electron chi connectivity index (χ3n) is 4.45. The van der Waals surface area contributed by atoms with Gasteiger partial charge in [0, 0.05) is 5.69 Å². The van der Waals surface area contributed by atoms with Gasteiger partial charge < -0.3 is 25.9 Å². The van der Waals surface area contributed by atoms with Gasteiger partial charge in [0.2, 0.25) is 11.8 Å². The summed E-state index contributed by atoms with van der Waals surface area (Å²) in [6, 6.07) is 10.0. The highest BCUT2D eigenvalue weighted by Crippen LogP contribution is 2.19. The van der Waals surface area contributed by atoms with Crippen molar-refractivity contribution < 1.29 is 14.4 Å². The second-order valence-electron chi connectivity index (χ2n) is 6.48. The molecule has 5 N–H and O–H groups in total. The molecular formula is C19H15N5O5. The first-order valence-corrected chi connectivity index (χ1v) is 8.68. The van der Waals surface area contributed by atoms with E-state index in [1.54, 1.807) is 24.3 Å². The Morgan fingerprint density at radius 3 is 2.45 bits per heavy atom. The van der Waals surface area contributed by atoms with Gasteiger partial charge in [-0.1, -0.05) is 12.1 Å². The van der Waals surface area contributed by atoms with E-state index in [0.29, 0.717) is 28.0 Å². The van der Waals surface area contributed by atoms with Crippen molar-refractivity contribution in [1.82, 2.24) is 15.3 Å². The number of rotatable bonds is 3. The molecule has 0 bridgehead atoms. The van der Waals surface area contributed by atoms with Crippen molar-refractivity contribution in [1.29, 1.82) is 0 Å². The summed E-state index contributed by atoms with van der Waals surface area (Å²) >= 11 is 0. The molecule has 29 heavy (non-hydrogen) atoms. The fourth-order valence-corrected chi connectivity index (χ4v) is 3.05. The van der Waals surface area contributed by atoms with Crippen molar-refractivity contribution in [2.45, 2.75) is 12.5 Å². The lowest BCUT2D eigenvalue weighted by Gasteiger charge is -2.14. The van der Waals surface area contributed by atoms with Gasteiger partial charge in [-0.3, -0.25) is 24.0 Å². The second-order valence-corrected chi connectivity index (χ2v) is 6.48. The van der Waals surface area contributed by atoms with E-state index in [4.69, 9.17) is 0 Å². The van der Waals surface area contributed by atoms with Gasteiger partial charge in [0.05, 0.1) is 28.7 Å². The largest absolute Gasteiger partial charge is 0.340 e. The molecule has 3 amide bonds. The molecule has 1 aromatic heterocycles. The van der Waals surface area contributed by atoms with Crippen molar-refractivity contribution in [2.75, 3.05) is 10.6 Å². The van der Waals surface area contributed by atoms with Crippen LogP contribution < -0.4 is 27.1 Å². The summed E-state index contributed by atoms with van der Waals surface area (Å²) in [5.41, 5.74) is 0.211. The minimum atomic E-state index is -1.05. The van der Waals surface area contributed by atoms with Crippen molar-refractivity contribution in [3.63, 3.8) is 0 Å². The van der Waals surface area contributed by atoms with E-state index in [-0.39, 0.29) is 6.42 Å². The fraction of sp³-hybridized carbons (Fsp3) is 0.105. The minimum Gasteiger partial charge on any atom is -0.340 e. The molecule has 0 unspecified atom stereocenters. The predicted octanol–water partition coefficient (Wildman–Crippen LogP) is 0.296. The van der Waals surface area contributed by atoms with Gasteiger partial charge in [-0.05, 0) is 30.3 Å². The maximum atomic E-state index is 12.4. The number of amides is 3. The van der Waals surface area contributed by atoms with Crippen LogP contribution in [0.1, 0.15) is 16.8 Å². The minimum absolute atomic E-state index is 0.286. The van der Waals surface area contributed by atoms with Gasteiger partial charge in [-0.25, -0.2) is 0 Å². The summed E-state index contributed by atoms with van der Waals surface area (Å²) in [4.78, 5) is 64.7. The van der Waals surface area contributed by atoms with Crippen molar-refractivity contribution in [3.05, 3.63) is 68.7 Å². The highest BCUT2D eigenvalue weighted by Gasteiger charge is 2.29. The molecular weight excluding hydrogens is 378 g/mol. The average Bonchev–Trinajstić information content (AvgIpc) is 2.79. The third kappa shape index (κ3) is 3.63. The maximum absolute atomic E-state index is 12.4. The zero-order valence-corrected chi connectivity index (χ0v) is 14.9. The third-order valence-corrected chi connectivity index (χ3v) is 4.45. The van der Waals surface area contributed by atoms with Crippen LogP contribution in [0.15, 0.2) is 52.1 Å². The molecule has 10 nitrogen and oxygen atoms in total. The molecule has 0 saturated carbocycles. The topological polar surface area (TPSA) is 153 Å². The molecule has 10 heteroatoms. The number of hydrogen-bond donors (Lipinski definition) is 5. The Balaban J connectivity index is 1.50. The Bertz CT molecular complexity index is 1280. The molecule has 0 aliphatic carbocycles. The number of para-hydroxylation sites is 1. The standard InChI is InChI=1S/C19H15N5O5/c25-15(20-9-5-6-12-13(7-9)23-19(29)18(28)22-12)8-14-17(27)21-11-4-2-1-3-10(11)16(26)24-14/h1-7,14H,8H2,(H,20,25)(H,21,27)(H,22,28)(H,23,29)(H,24,26)/t14-/m0/s1. The van der Waals surface area contributed by atoms with Crippen LogP contribution in [0.25, 0.3) is 11.0 Å². The molecule has 0 radical (unpaired) electrons. The molecule has 1 aliphatic heterocycles. The Labute approximate surface area is 162 Å². The van der Waals surface area contributed by atoms with E-state index in [2.05, 4.69) is 25.9 Å². The molecule has 2 heterocycles.